The Morgan fingerprint density at radius 2 is 1.57 bits per heavy atom. The number of alkyl halides is 6. The largest absolute Gasteiger partial charge is 0.573 e. The standard InChI is InChI=1S/C14H6F6N2O/c15-13(16,17)12-6-5-8(10(7-21)22-12)9-3-1-2-4-11(9)23-14(18,19)20/h1-6H. The quantitative estimate of drug-likeness (QED) is 0.759. The van der Waals surface area contributed by atoms with Gasteiger partial charge in [0.25, 0.3) is 0 Å². The Kier molecular flexibility index (Phi) is 4.18. The zero-order valence-electron chi connectivity index (χ0n) is 11.0. The molecule has 0 aliphatic rings. The van der Waals surface area contributed by atoms with Gasteiger partial charge in [-0.3, -0.25) is 0 Å². The van der Waals surface area contributed by atoms with Crippen LogP contribution in [0.15, 0.2) is 36.4 Å². The molecule has 2 rings (SSSR count). The number of hydrogen-bond donors (Lipinski definition) is 0. The van der Waals surface area contributed by atoms with E-state index in [-0.39, 0.29) is 11.1 Å². The van der Waals surface area contributed by atoms with Gasteiger partial charge in [-0.05, 0) is 18.2 Å². The number of hydrogen-bond acceptors (Lipinski definition) is 3. The fourth-order valence-electron chi connectivity index (χ4n) is 1.82. The van der Waals surface area contributed by atoms with Crippen molar-refractivity contribution in [3.8, 4) is 22.9 Å². The molecule has 1 heterocycles. The molecule has 0 spiro atoms. The van der Waals surface area contributed by atoms with E-state index in [0.717, 1.165) is 12.1 Å². The molecule has 0 amide bonds. The third-order valence-corrected chi connectivity index (χ3v) is 2.69. The monoisotopic (exact) mass is 332 g/mol. The van der Waals surface area contributed by atoms with Crippen molar-refractivity contribution in [3.05, 3.63) is 47.8 Å². The highest BCUT2D eigenvalue weighted by Gasteiger charge is 2.34. The van der Waals surface area contributed by atoms with Gasteiger partial charge in [0.15, 0.2) is 0 Å². The van der Waals surface area contributed by atoms with Crippen molar-refractivity contribution in [3.63, 3.8) is 0 Å². The van der Waals surface area contributed by atoms with E-state index in [1.807, 2.05) is 0 Å². The minimum absolute atomic E-state index is 0.192. The van der Waals surface area contributed by atoms with Crippen LogP contribution in [-0.4, -0.2) is 11.3 Å². The van der Waals surface area contributed by atoms with Crippen molar-refractivity contribution in [1.29, 1.82) is 5.26 Å². The number of halogens is 6. The summed E-state index contributed by atoms with van der Waals surface area (Å²) in [5.41, 5.74) is -2.35. The van der Waals surface area contributed by atoms with Crippen molar-refractivity contribution in [2.45, 2.75) is 12.5 Å². The predicted molar refractivity (Wildman–Crippen MR) is 66.1 cm³/mol. The van der Waals surface area contributed by atoms with Gasteiger partial charge in [-0.15, -0.1) is 13.2 Å². The van der Waals surface area contributed by atoms with Gasteiger partial charge in [-0.2, -0.15) is 18.4 Å². The van der Waals surface area contributed by atoms with Gasteiger partial charge < -0.3 is 4.74 Å². The Bertz CT molecular complexity index is 761. The second-order valence-electron chi connectivity index (χ2n) is 4.25. The predicted octanol–water partition coefficient (Wildman–Crippen LogP) is 4.54. The molecule has 0 saturated carbocycles. The highest BCUT2D eigenvalue weighted by Crippen LogP contribution is 2.36. The summed E-state index contributed by atoms with van der Waals surface area (Å²) in [6, 6.07) is 7.71. The van der Waals surface area contributed by atoms with E-state index in [1.165, 1.54) is 24.3 Å². The van der Waals surface area contributed by atoms with Crippen LogP contribution in [0.1, 0.15) is 11.4 Å². The highest BCUT2D eigenvalue weighted by atomic mass is 19.4. The SMILES string of the molecule is N#Cc1nc(C(F)(F)F)ccc1-c1ccccc1OC(F)(F)F. The smallest absolute Gasteiger partial charge is 0.405 e. The molecule has 120 valence electrons. The van der Waals surface area contributed by atoms with Crippen molar-refractivity contribution in [2.24, 2.45) is 0 Å². The van der Waals surface area contributed by atoms with Crippen LogP contribution in [0.3, 0.4) is 0 Å². The molecule has 0 atom stereocenters. The molecule has 0 unspecified atom stereocenters. The van der Waals surface area contributed by atoms with Crippen LogP contribution in [0.5, 0.6) is 5.75 Å². The van der Waals surface area contributed by atoms with Crippen LogP contribution in [0, 0.1) is 11.3 Å². The third-order valence-electron chi connectivity index (χ3n) is 2.69. The fraction of sp³-hybridized carbons (Fsp3) is 0.143. The Morgan fingerprint density at radius 1 is 0.913 bits per heavy atom. The molecule has 0 bridgehead atoms. The highest BCUT2D eigenvalue weighted by molar-refractivity contribution is 5.74. The van der Waals surface area contributed by atoms with E-state index in [2.05, 4.69) is 9.72 Å². The van der Waals surface area contributed by atoms with Gasteiger partial charge in [0.2, 0.25) is 0 Å². The molecule has 23 heavy (non-hydrogen) atoms. The first-order valence-electron chi connectivity index (χ1n) is 5.95. The number of nitrogens with zero attached hydrogens (tertiary/aromatic N) is 2. The van der Waals surface area contributed by atoms with Gasteiger partial charge in [0, 0.05) is 11.1 Å². The lowest BCUT2D eigenvalue weighted by molar-refractivity contribution is -0.274. The fourth-order valence-corrected chi connectivity index (χ4v) is 1.82. The summed E-state index contributed by atoms with van der Waals surface area (Å²) in [6.45, 7) is 0. The van der Waals surface area contributed by atoms with Crippen molar-refractivity contribution in [2.75, 3.05) is 0 Å². The lowest BCUT2D eigenvalue weighted by Crippen LogP contribution is -2.17. The summed E-state index contributed by atoms with van der Waals surface area (Å²) in [4.78, 5) is 3.15. The van der Waals surface area contributed by atoms with Crippen LogP contribution in [0.2, 0.25) is 0 Å². The Balaban J connectivity index is 2.58. The molecular weight excluding hydrogens is 326 g/mol. The van der Waals surface area contributed by atoms with E-state index < -0.39 is 29.7 Å². The maximum absolute atomic E-state index is 12.6. The molecule has 0 saturated heterocycles. The van der Waals surface area contributed by atoms with Crippen LogP contribution >= 0.6 is 0 Å². The Labute approximate surface area is 125 Å². The van der Waals surface area contributed by atoms with Gasteiger partial charge in [-0.1, -0.05) is 18.2 Å². The molecule has 2 aromatic rings. The molecule has 9 heteroatoms. The maximum Gasteiger partial charge on any atom is 0.573 e. The average molecular weight is 332 g/mol. The molecule has 0 aliphatic heterocycles. The summed E-state index contributed by atoms with van der Waals surface area (Å²) in [7, 11) is 0. The summed E-state index contributed by atoms with van der Waals surface area (Å²) >= 11 is 0. The minimum Gasteiger partial charge on any atom is -0.405 e. The van der Waals surface area contributed by atoms with Crippen LogP contribution in [-0.2, 0) is 6.18 Å². The summed E-state index contributed by atoms with van der Waals surface area (Å²) in [5, 5.41) is 8.95. The van der Waals surface area contributed by atoms with Crippen molar-refractivity contribution in [1.82, 2.24) is 4.98 Å². The van der Waals surface area contributed by atoms with Crippen LogP contribution < -0.4 is 4.74 Å². The first kappa shape index (κ1) is 16.6. The second kappa shape index (κ2) is 5.79. The number of para-hydroxylation sites is 1. The number of rotatable bonds is 2. The van der Waals surface area contributed by atoms with Gasteiger partial charge in [0.1, 0.15) is 23.2 Å². The number of ether oxygens (including phenoxy) is 1. The third kappa shape index (κ3) is 3.91. The van der Waals surface area contributed by atoms with Crippen LogP contribution in [0.25, 0.3) is 11.1 Å². The first-order chi connectivity index (χ1) is 10.6. The molecule has 1 aromatic carbocycles. The molecule has 0 N–H and O–H groups in total. The van der Waals surface area contributed by atoms with Crippen molar-refractivity contribution >= 4 is 0 Å². The average Bonchev–Trinajstić information content (AvgIpc) is 2.44. The van der Waals surface area contributed by atoms with Gasteiger partial charge in [-0.25, -0.2) is 4.98 Å². The lowest BCUT2D eigenvalue weighted by Gasteiger charge is -2.14. The number of nitriles is 1. The first-order valence-corrected chi connectivity index (χ1v) is 5.95. The normalized spacial score (nSPS) is 11.9. The summed E-state index contributed by atoms with van der Waals surface area (Å²) in [6.07, 6.45) is -9.76. The zero-order chi connectivity index (χ0) is 17.3. The number of aromatic nitrogens is 1. The lowest BCUT2D eigenvalue weighted by atomic mass is 10.0. The van der Waals surface area contributed by atoms with Gasteiger partial charge >= 0.3 is 12.5 Å². The van der Waals surface area contributed by atoms with E-state index in [4.69, 9.17) is 5.26 Å². The number of benzene rings is 1. The van der Waals surface area contributed by atoms with Crippen LogP contribution in [0.4, 0.5) is 26.3 Å². The Morgan fingerprint density at radius 3 is 2.13 bits per heavy atom. The van der Waals surface area contributed by atoms with E-state index >= 15 is 0 Å². The molecule has 3 nitrogen and oxygen atoms in total. The second-order valence-corrected chi connectivity index (χ2v) is 4.25. The van der Waals surface area contributed by atoms with E-state index in [9.17, 15) is 26.3 Å². The number of pyridine rings is 1. The topological polar surface area (TPSA) is 45.9 Å². The maximum atomic E-state index is 12.6. The molecule has 0 fully saturated rings. The van der Waals surface area contributed by atoms with Crippen molar-refractivity contribution < 1.29 is 31.1 Å². The zero-order valence-corrected chi connectivity index (χ0v) is 11.0. The van der Waals surface area contributed by atoms with E-state index in [1.54, 1.807) is 0 Å². The van der Waals surface area contributed by atoms with Gasteiger partial charge in [0.05, 0.1) is 0 Å². The van der Waals surface area contributed by atoms with E-state index in [0.29, 0.717) is 6.07 Å². The minimum atomic E-state index is -4.98. The molecule has 0 aliphatic carbocycles. The molecule has 1 aromatic heterocycles. The molecule has 0 radical (unpaired) electrons. The Hall–Kier alpha value is -2.76. The molecular formula is C14H6F6N2O. The summed E-state index contributed by atoms with van der Waals surface area (Å²) in [5.74, 6) is -0.641. The summed E-state index contributed by atoms with van der Waals surface area (Å²) < 4.78 is 78.8.